The first-order valence-electron chi connectivity index (χ1n) is 7.03. The van der Waals surface area contributed by atoms with Crippen LogP contribution in [0.2, 0.25) is 0 Å². The fourth-order valence-electron chi connectivity index (χ4n) is 3.23. The Bertz CT molecular complexity index is 356. The lowest BCUT2D eigenvalue weighted by Gasteiger charge is -2.42. The number of hydrogen-bond acceptors (Lipinski definition) is 3. The molecule has 108 valence electrons. The Hall–Kier alpha value is -0.0900. The number of rotatable bonds is 4. The average Bonchev–Trinajstić information content (AvgIpc) is 2.13. The minimum atomic E-state index is -2.89. The van der Waals surface area contributed by atoms with Gasteiger partial charge in [0.05, 0.1) is 5.75 Å². The van der Waals surface area contributed by atoms with Gasteiger partial charge in [0.2, 0.25) is 0 Å². The molecule has 0 amide bonds. The van der Waals surface area contributed by atoms with Crippen LogP contribution >= 0.6 is 0 Å². The third-order valence-corrected chi connectivity index (χ3v) is 5.04. The summed E-state index contributed by atoms with van der Waals surface area (Å²) in [4.78, 5) is 0. The van der Waals surface area contributed by atoms with E-state index >= 15 is 0 Å². The van der Waals surface area contributed by atoms with E-state index in [1.54, 1.807) is 0 Å². The van der Waals surface area contributed by atoms with Gasteiger partial charge in [0.15, 0.2) is 0 Å². The van der Waals surface area contributed by atoms with E-state index in [4.69, 9.17) is 0 Å². The Kier molecular flexibility index (Phi) is 5.24. The molecule has 1 rings (SSSR count). The second kappa shape index (κ2) is 5.91. The first kappa shape index (κ1) is 16.0. The number of sulfone groups is 1. The van der Waals surface area contributed by atoms with Gasteiger partial charge in [0.1, 0.15) is 9.84 Å². The van der Waals surface area contributed by atoms with Crippen LogP contribution in [0.25, 0.3) is 0 Å². The van der Waals surface area contributed by atoms with Crippen LogP contribution in [0.3, 0.4) is 0 Å². The van der Waals surface area contributed by atoms with Crippen LogP contribution in [-0.2, 0) is 9.84 Å². The zero-order valence-electron chi connectivity index (χ0n) is 12.5. The minimum Gasteiger partial charge on any atom is -0.310 e. The van der Waals surface area contributed by atoms with Crippen LogP contribution in [0.15, 0.2) is 0 Å². The van der Waals surface area contributed by atoms with E-state index < -0.39 is 9.84 Å². The molecule has 0 bridgehead atoms. The molecule has 3 nitrogen and oxygen atoms in total. The highest BCUT2D eigenvalue weighted by molar-refractivity contribution is 7.90. The van der Waals surface area contributed by atoms with Gasteiger partial charge in [0, 0.05) is 18.3 Å². The molecule has 1 aliphatic rings. The summed E-state index contributed by atoms with van der Waals surface area (Å²) in [5, 5.41) is 3.55. The second-order valence-electron chi connectivity index (χ2n) is 7.02. The van der Waals surface area contributed by atoms with E-state index in [9.17, 15) is 8.42 Å². The zero-order valence-corrected chi connectivity index (χ0v) is 13.3. The summed E-state index contributed by atoms with van der Waals surface area (Å²) in [7, 11) is -2.89. The van der Waals surface area contributed by atoms with E-state index in [1.165, 1.54) is 31.9 Å². The van der Waals surface area contributed by atoms with Crippen LogP contribution < -0.4 is 5.32 Å². The van der Waals surface area contributed by atoms with Gasteiger partial charge in [-0.1, -0.05) is 33.6 Å². The molecule has 0 aromatic rings. The summed E-state index contributed by atoms with van der Waals surface area (Å²) >= 11 is 0. The Morgan fingerprint density at radius 3 is 2.28 bits per heavy atom. The maximum atomic E-state index is 11.3. The second-order valence-corrected chi connectivity index (χ2v) is 9.21. The zero-order chi connectivity index (χ0) is 14.0. The van der Waals surface area contributed by atoms with Crippen LogP contribution in [0.5, 0.6) is 0 Å². The maximum absolute atomic E-state index is 11.3. The Balaban J connectivity index is 2.63. The summed E-state index contributed by atoms with van der Waals surface area (Å²) in [6.07, 6.45) is 6.31. The van der Waals surface area contributed by atoms with Gasteiger partial charge in [-0.05, 0) is 31.1 Å². The lowest BCUT2D eigenvalue weighted by molar-refractivity contribution is 0.126. The normalized spacial score (nSPS) is 28.1. The Labute approximate surface area is 113 Å². The van der Waals surface area contributed by atoms with Crippen molar-refractivity contribution in [3.8, 4) is 0 Å². The summed E-state index contributed by atoms with van der Waals surface area (Å²) in [5.74, 6) is 0.883. The predicted octanol–water partition coefficient (Wildman–Crippen LogP) is 2.61. The van der Waals surface area contributed by atoms with Gasteiger partial charge in [-0.2, -0.15) is 0 Å². The average molecular weight is 275 g/mol. The topological polar surface area (TPSA) is 46.2 Å². The third-order valence-electron chi connectivity index (χ3n) is 3.93. The molecular formula is C14H29NO2S. The van der Waals surface area contributed by atoms with Gasteiger partial charge in [-0.3, -0.25) is 0 Å². The lowest BCUT2D eigenvalue weighted by Crippen LogP contribution is -2.49. The standard InChI is InChI=1S/C14H29NO2S/c1-11(10-18(5,16)17)15-13-9-7-6-8-12(13)14(2,3)4/h11-13,15H,6-10H2,1-5H3. The molecule has 0 radical (unpaired) electrons. The molecule has 18 heavy (non-hydrogen) atoms. The van der Waals surface area contributed by atoms with E-state index in [-0.39, 0.29) is 11.8 Å². The monoisotopic (exact) mass is 275 g/mol. The quantitative estimate of drug-likeness (QED) is 0.858. The van der Waals surface area contributed by atoms with Crippen molar-refractivity contribution in [1.29, 1.82) is 0 Å². The first-order chi connectivity index (χ1) is 8.09. The van der Waals surface area contributed by atoms with E-state index in [0.29, 0.717) is 17.4 Å². The van der Waals surface area contributed by atoms with Crippen molar-refractivity contribution in [3.63, 3.8) is 0 Å². The van der Waals surface area contributed by atoms with Gasteiger partial charge >= 0.3 is 0 Å². The largest absolute Gasteiger partial charge is 0.310 e. The minimum absolute atomic E-state index is 0.0490. The molecular weight excluding hydrogens is 246 g/mol. The van der Waals surface area contributed by atoms with E-state index in [0.717, 1.165) is 0 Å². The Morgan fingerprint density at radius 2 is 1.78 bits per heavy atom. The van der Waals surface area contributed by atoms with Crippen LogP contribution in [0.4, 0.5) is 0 Å². The van der Waals surface area contributed by atoms with Crippen LogP contribution in [0.1, 0.15) is 53.4 Å². The van der Waals surface area contributed by atoms with E-state index in [2.05, 4.69) is 26.1 Å². The SMILES string of the molecule is CC(CS(C)(=O)=O)NC1CCCCC1C(C)(C)C. The van der Waals surface area contributed by atoms with Crippen LogP contribution in [0, 0.1) is 11.3 Å². The highest BCUT2D eigenvalue weighted by atomic mass is 32.2. The molecule has 0 aliphatic heterocycles. The summed E-state index contributed by atoms with van der Waals surface area (Å²) < 4.78 is 22.6. The fourth-order valence-corrected chi connectivity index (χ4v) is 4.24. The number of hydrogen-bond donors (Lipinski definition) is 1. The van der Waals surface area contributed by atoms with Crippen molar-refractivity contribution in [1.82, 2.24) is 5.32 Å². The van der Waals surface area contributed by atoms with Crippen molar-refractivity contribution in [3.05, 3.63) is 0 Å². The van der Waals surface area contributed by atoms with E-state index in [1.807, 2.05) is 6.92 Å². The summed E-state index contributed by atoms with van der Waals surface area (Å²) in [6.45, 7) is 8.85. The van der Waals surface area contributed by atoms with Gasteiger partial charge in [0.25, 0.3) is 0 Å². The third kappa shape index (κ3) is 5.27. The lowest BCUT2D eigenvalue weighted by atomic mass is 9.69. The highest BCUT2D eigenvalue weighted by Crippen LogP contribution is 2.38. The van der Waals surface area contributed by atoms with Crippen LogP contribution in [-0.4, -0.2) is 32.5 Å². The molecule has 0 spiro atoms. The van der Waals surface area contributed by atoms with Crippen molar-refractivity contribution in [2.24, 2.45) is 11.3 Å². The van der Waals surface area contributed by atoms with Gasteiger partial charge in [-0.25, -0.2) is 8.42 Å². The smallest absolute Gasteiger partial charge is 0.148 e. The van der Waals surface area contributed by atoms with Crippen molar-refractivity contribution in [2.75, 3.05) is 12.0 Å². The molecule has 1 aliphatic carbocycles. The van der Waals surface area contributed by atoms with Gasteiger partial charge in [-0.15, -0.1) is 0 Å². The van der Waals surface area contributed by atoms with Crippen molar-refractivity contribution >= 4 is 9.84 Å². The fraction of sp³-hybridized carbons (Fsp3) is 1.00. The maximum Gasteiger partial charge on any atom is 0.148 e. The molecule has 3 unspecified atom stereocenters. The van der Waals surface area contributed by atoms with Gasteiger partial charge < -0.3 is 5.32 Å². The Morgan fingerprint density at radius 1 is 1.22 bits per heavy atom. The van der Waals surface area contributed by atoms with Crippen molar-refractivity contribution in [2.45, 2.75) is 65.5 Å². The summed E-state index contributed by atoms with van der Waals surface area (Å²) in [5.41, 5.74) is 0.295. The molecule has 1 saturated carbocycles. The molecule has 1 fully saturated rings. The molecule has 0 heterocycles. The first-order valence-corrected chi connectivity index (χ1v) is 9.09. The molecule has 1 N–H and O–H groups in total. The molecule has 4 heteroatoms. The molecule has 0 aromatic carbocycles. The highest BCUT2D eigenvalue weighted by Gasteiger charge is 2.34. The predicted molar refractivity (Wildman–Crippen MR) is 77.5 cm³/mol. The number of nitrogens with one attached hydrogen (secondary N) is 1. The molecule has 0 aromatic heterocycles. The molecule has 3 atom stereocenters. The van der Waals surface area contributed by atoms with Crippen molar-refractivity contribution < 1.29 is 8.42 Å². The summed E-state index contributed by atoms with van der Waals surface area (Å²) in [6, 6.07) is 0.517. The molecule has 0 saturated heterocycles.